The Morgan fingerprint density at radius 1 is 1.20 bits per heavy atom. The van der Waals surface area contributed by atoms with Gasteiger partial charge in [0.1, 0.15) is 0 Å². The van der Waals surface area contributed by atoms with Gasteiger partial charge in [-0.1, -0.05) is 11.6 Å². The first-order valence-electron chi connectivity index (χ1n) is 5.99. The largest absolute Gasteiger partial charge is 0.493 e. The van der Waals surface area contributed by atoms with Gasteiger partial charge in [0, 0.05) is 18.0 Å². The summed E-state index contributed by atoms with van der Waals surface area (Å²) in [6.45, 7) is 1.54. The van der Waals surface area contributed by atoms with E-state index in [4.69, 9.17) is 21.1 Å². The minimum atomic E-state index is 0.558. The Hall–Kier alpha value is -0.750. The molecule has 0 spiro atoms. The third kappa shape index (κ3) is 3.88. The van der Waals surface area contributed by atoms with Crippen molar-refractivity contribution in [3.05, 3.63) is 43.5 Å². The highest BCUT2D eigenvalue weighted by atomic mass is 79.9. The van der Waals surface area contributed by atoms with E-state index in [9.17, 15) is 0 Å². The molecule has 0 unspecified atom stereocenters. The van der Waals surface area contributed by atoms with Crippen LogP contribution in [0.3, 0.4) is 0 Å². The van der Waals surface area contributed by atoms with E-state index in [0.29, 0.717) is 16.5 Å². The van der Waals surface area contributed by atoms with Gasteiger partial charge in [-0.05, 0) is 45.8 Å². The quantitative estimate of drug-likeness (QED) is 0.807. The van der Waals surface area contributed by atoms with Crippen molar-refractivity contribution in [2.24, 2.45) is 0 Å². The average Bonchev–Trinajstić information content (AvgIpc) is 2.83. The fourth-order valence-electron chi connectivity index (χ4n) is 1.85. The molecule has 0 aliphatic heterocycles. The highest BCUT2D eigenvalue weighted by Crippen LogP contribution is 2.36. The number of thiophene rings is 1. The number of halogens is 2. The van der Waals surface area contributed by atoms with Gasteiger partial charge in [-0.2, -0.15) is 0 Å². The monoisotopic (exact) mass is 375 g/mol. The van der Waals surface area contributed by atoms with Gasteiger partial charge in [0.25, 0.3) is 0 Å². The fourth-order valence-corrected chi connectivity index (χ4v) is 3.61. The Kier molecular flexibility index (Phi) is 5.72. The lowest BCUT2D eigenvalue weighted by molar-refractivity contribution is 0.354. The molecule has 0 amide bonds. The molecule has 108 valence electrons. The molecule has 20 heavy (non-hydrogen) atoms. The molecule has 0 fully saturated rings. The van der Waals surface area contributed by atoms with Crippen molar-refractivity contribution in [3.63, 3.8) is 0 Å². The number of ether oxygens (including phenoxy) is 2. The van der Waals surface area contributed by atoms with Crippen LogP contribution in [0.1, 0.15) is 10.4 Å². The summed E-state index contributed by atoms with van der Waals surface area (Å²) in [5.74, 6) is 1.22. The van der Waals surface area contributed by atoms with Crippen LogP contribution in [0.5, 0.6) is 11.5 Å². The zero-order valence-electron chi connectivity index (χ0n) is 11.2. The topological polar surface area (TPSA) is 30.5 Å². The van der Waals surface area contributed by atoms with Crippen LogP contribution in [-0.2, 0) is 13.1 Å². The Morgan fingerprint density at radius 3 is 2.60 bits per heavy atom. The molecule has 0 saturated heterocycles. The third-order valence-corrected chi connectivity index (χ3v) is 4.65. The predicted octanol–water partition coefficient (Wildman–Crippen LogP) is 4.47. The molecule has 0 bridgehead atoms. The summed E-state index contributed by atoms with van der Waals surface area (Å²) in [6.07, 6.45) is 0. The summed E-state index contributed by atoms with van der Waals surface area (Å²) in [7, 11) is 3.19. The smallest absolute Gasteiger partial charge is 0.179 e. The van der Waals surface area contributed by atoms with Crippen LogP contribution in [0.25, 0.3) is 0 Å². The molecule has 1 aromatic heterocycles. The molecule has 2 aromatic rings. The van der Waals surface area contributed by atoms with Crippen molar-refractivity contribution in [1.29, 1.82) is 0 Å². The molecule has 0 radical (unpaired) electrons. The van der Waals surface area contributed by atoms with Gasteiger partial charge in [-0.15, -0.1) is 11.3 Å². The SMILES string of the molecule is COc1cc(CNCc2ccc(Br)s2)cc(Cl)c1OC. The van der Waals surface area contributed by atoms with Gasteiger partial charge in [0.15, 0.2) is 11.5 Å². The summed E-state index contributed by atoms with van der Waals surface area (Å²) in [6, 6.07) is 7.97. The van der Waals surface area contributed by atoms with E-state index < -0.39 is 0 Å². The summed E-state index contributed by atoms with van der Waals surface area (Å²) < 4.78 is 11.6. The van der Waals surface area contributed by atoms with Crippen LogP contribution in [-0.4, -0.2) is 14.2 Å². The zero-order valence-corrected chi connectivity index (χ0v) is 14.4. The number of hydrogen-bond donors (Lipinski definition) is 1. The zero-order chi connectivity index (χ0) is 14.5. The first kappa shape index (κ1) is 15.6. The van der Waals surface area contributed by atoms with Gasteiger partial charge < -0.3 is 14.8 Å². The van der Waals surface area contributed by atoms with Crippen LogP contribution in [0, 0.1) is 0 Å². The van der Waals surface area contributed by atoms with Crippen molar-refractivity contribution in [3.8, 4) is 11.5 Å². The number of rotatable bonds is 6. The van der Waals surface area contributed by atoms with E-state index in [1.54, 1.807) is 25.6 Å². The number of benzene rings is 1. The second-order valence-electron chi connectivity index (χ2n) is 4.12. The maximum atomic E-state index is 6.18. The lowest BCUT2D eigenvalue weighted by atomic mass is 10.2. The Balaban J connectivity index is 2.01. The normalized spacial score (nSPS) is 10.6. The number of hydrogen-bond acceptors (Lipinski definition) is 4. The van der Waals surface area contributed by atoms with Crippen LogP contribution in [0.4, 0.5) is 0 Å². The maximum Gasteiger partial charge on any atom is 0.179 e. The molecule has 6 heteroatoms. The van der Waals surface area contributed by atoms with Gasteiger partial charge in [-0.25, -0.2) is 0 Å². The van der Waals surface area contributed by atoms with Crippen LogP contribution >= 0.6 is 38.9 Å². The standard InChI is InChI=1S/C14H15BrClNO2S/c1-18-12-6-9(5-11(16)14(12)19-2)7-17-8-10-3-4-13(15)20-10/h3-6,17H,7-8H2,1-2H3. The second-order valence-corrected chi connectivity index (χ2v) is 7.08. The van der Waals surface area contributed by atoms with Crippen molar-refractivity contribution in [2.45, 2.75) is 13.1 Å². The second kappa shape index (κ2) is 7.31. The summed E-state index contributed by atoms with van der Waals surface area (Å²) in [4.78, 5) is 1.28. The molecule has 1 N–H and O–H groups in total. The van der Waals surface area contributed by atoms with Crippen molar-refractivity contribution >= 4 is 38.9 Å². The molecule has 0 saturated carbocycles. The van der Waals surface area contributed by atoms with E-state index in [0.717, 1.165) is 22.4 Å². The third-order valence-electron chi connectivity index (χ3n) is 2.75. The van der Waals surface area contributed by atoms with Crippen LogP contribution in [0.2, 0.25) is 5.02 Å². The number of methoxy groups -OCH3 is 2. The molecule has 0 atom stereocenters. The van der Waals surface area contributed by atoms with Gasteiger partial charge in [0.2, 0.25) is 0 Å². The summed E-state index contributed by atoms with van der Waals surface area (Å²) >= 11 is 11.4. The van der Waals surface area contributed by atoms with Gasteiger partial charge in [-0.3, -0.25) is 0 Å². The summed E-state index contributed by atoms with van der Waals surface area (Å²) in [5.41, 5.74) is 1.06. The minimum absolute atomic E-state index is 0.558. The van der Waals surface area contributed by atoms with Crippen LogP contribution in [0.15, 0.2) is 28.1 Å². The van der Waals surface area contributed by atoms with Gasteiger partial charge in [0.05, 0.1) is 23.0 Å². The van der Waals surface area contributed by atoms with Crippen molar-refractivity contribution in [2.75, 3.05) is 14.2 Å². The van der Waals surface area contributed by atoms with E-state index in [2.05, 4.69) is 33.4 Å². The van der Waals surface area contributed by atoms with Crippen molar-refractivity contribution < 1.29 is 9.47 Å². The molecular weight excluding hydrogens is 362 g/mol. The molecule has 0 aliphatic rings. The van der Waals surface area contributed by atoms with E-state index >= 15 is 0 Å². The number of nitrogens with one attached hydrogen (secondary N) is 1. The highest BCUT2D eigenvalue weighted by Gasteiger charge is 2.10. The average molecular weight is 377 g/mol. The molecule has 2 rings (SSSR count). The molecule has 1 heterocycles. The lowest BCUT2D eigenvalue weighted by Crippen LogP contribution is -2.12. The summed E-state index contributed by atoms with van der Waals surface area (Å²) in [5, 5.41) is 3.94. The minimum Gasteiger partial charge on any atom is -0.493 e. The van der Waals surface area contributed by atoms with E-state index in [-0.39, 0.29) is 0 Å². The Bertz CT molecular complexity index is 589. The highest BCUT2D eigenvalue weighted by molar-refractivity contribution is 9.11. The first-order chi connectivity index (χ1) is 9.63. The van der Waals surface area contributed by atoms with E-state index in [1.807, 2.05) is 12.1 Å². The fraction of sp³-hybridized carbons (Fsp3) is 0.286. The molecular formula is C14H15BrClNO2S. The van der Waals surface area contributed by atoms with Gasteiger partial charge >= 0.3 is 0 Å². The van der Waals surface area contributed by atoms with E-state index in [1.165, 1.54) is 4.88 Å². The first-order valence-corrected chi connectivity index (χ1v) is 7.98. The molecule has 1 aromatic carbocycles. The van der Waals surface area contributed by atoms with Crippen LogP contribution < -0.4 is 14.8 Å². The molecule has 3 nitrogen and oxygen atoms in total. The predicted molar refractivity (Wildman–Crippen MR) is 87.1 cm³/mol. The maximum absolute atomic E-state index is 6.18. The molecule has 0 aliphatic carbocycles. The van der Waals surface area contributed by atoms with Crippen molar-refractivity contribution in [1.82, 2.24) is 5.32 Å². The Morgan fingerprint density at radius 2 is 2.00 bits per heavy atom. The Labute approximate surface area is 136 Å². The lowest BCUT2D eigenvalue weighted by Gasteiger charge is -2.12.